The molecule has 1 aromatic rings. The smallest absolute Gasteiger partial charge is 0.367 e. The van der Waals surface area contributed by atoms with Crippen LogP contribution in [-0.4, -0.2) is 23.1 Å². The minimum Gasteiger partial charge on any atom is -0.367 e. The summed E-state index contributed by atoms with van der Waals surface area (Å²) in [7, 11) is 1.48. The lowest BCUT2D eigenvalue weighted by Crippen LogP contribution is -2.13. The lowest BCUT2D eigenvalue weighted by atomic mass is 10.3. The van der Waals surface area contributed by atoms with E-state index in [1.54, 1.807) is 0 Å². The molecule has 1 aliphatic rings. The topological polar surface area (TPSA) is 49.8 Å². The molecule has 0 radical (unpaired) electrons. The quantitative estimate of drug-likeness (QED) is 0.838. The summed E-state index contributed by atoms with van der Waals surface area (Å²) in [5, 5.41) is 5.42. The second-order valence-electron chi connectivity index (χ2n) is 3.63. The van der Waals surface area contributed by atoms with Gasteiger partial charge in [0.2, 0.25) is 5.95 Å². The third kappa shape index (κ3) is 2.53. The Kier molecular flexibility index (Phi) is 2.61. The maximum absolute atomic E-state index is 12.5. The molecule has 0 spiro atoms. The van der Waals surface area contributed by atoms with Crippen LogP contribution in [0.3, 0.4) is 0 Å². The van der Waals surface area contributed by atoms with Crippen LogP contribution in [0.2, 0.25) is 0 Å². The van der Waals surface area contributed by atoms with E-state index >= 15 is 0 Å². The first-order valence-corrected chi connectivity index (χ1v) is 4.89. The Labute approximate surface area is 90.3 Å². The Morgan fingerprint density at radius 3 is 2.50 bits per heavy atom. The molecule has 7 heteroatoms. The summed E-state index contributed by atoms with van der Waals surface area (Å²) < 4.78 is 37.5. The highest BCUT2D eigenvalue weighted by Gasteiger charge is 2.34. The summed E-state index contributed by atoms with van der Waals surface area (Å²) >= 11 is 0. The summed E-state index contributed by atoms with van der Waals surface area (Å²) in [6.07, 6.45) is -2.50. The molecule has 1 aromatic heterocycles. The van der Waals surface area contributed by atoms with Gasteiger partial charge >= 0.3 is 6.18 Å². The molecule has 0 bridgehead atoms. The summed E-state index contributed by atoms with van der Waals surface area (Å²) in [5.74, 6) is 0.187. The fraction of sp³-hybridized carbons (Fsp3) is 0.556. The molecule has 0 aromatic carbocycles. The average Bonchev–Trinajstić information content (AvgIpc) is 3.00. The lowest BCUT2D eigenvalue weighted by Gasteiger charge is -2.10. The van der Waals surface area contributed by atoms with Crippen LogP contribution in [0.25, 0.3) is 0 Å². The number of rotatable bonds is 3. The Balaban J connectivity index is 2.29. The van der Waals surface area contributed by atoms with E-state index in [0.717, 1.165) is 18.9 Å². The number of alkyl halides is 3. The molecule has 1 saturated carbocycles. The van der Waals surface area contributed by atoms with Crippen molar-refractivity contribution in [3.05, 3.63) is 11.8 Å². The Morgan fingerprint density at radius 2 is 2.00 bits per heavy atom. The second kappa shape index (κ2) is 3.80. The number of hydrogen-bond donors (Lipinski definition) is 2. The molecule has 1 aliphatic carbocycles. The van der Waals surface area contributed by atoms with Gasteiger partial charge in [0.25, 0.3) is 0 Å². The van der Waals surface area contributed by atoms with Gasteiger partial charge in [-0.25, -0.2) is 4.98 Å². The Morgan fingerprint density at radius 1 is 1.31 bits per heavy atom. The van der Waals surface area contributed by atoms with Crippen LogP contribution >= 0.6 is 0 Å². The molecule has 1 fully saturated rings. The summed E-state index contributed by atoms with van der Waals surface area (Å²) in [4.78, 5) is 7.28. The number of anilines is 2. The van der Waals surface area contributed by atoms with E-state index in [1.807, 2.05) is 0 Å². The summed E-state index contributed by atoms with van der Waals surface area (Å²) in [6, 6.07) is 1.18. The molecular formula is C9H11F3N4. The molecule has 0 unspecified atom stereocenters. The predicted octanol–water partition coefficient (Wildman–Crippen LogP) is 2.11. The zero-order chi connectivity index (χ0) is 11.8. The van der Waals surface area contributed by atoms with Crippen LogP contribution < -0.4 is 10.6 Å². The lowest BCUT2D eigenvalue weighted by molar-refractivity contribution is -0.141. The van der Waals surface area contributed by atoms with E-state index in [9.17, 15) is 13.2 Å². The van der Waals surface area contributed by atoms with E-state index in [-0.39, 0.29) is 17.8 Å². The molecular weight excluding hydrogens is 221 g/mol. The summed E-state index contributed by atoms with van der Waals surface area (Å²) in [6.45, 7) is 0. The van der Waals surface area contributed by atoms with E-state index < -0.39 is 11.9 Å². The van der Waals surface area contributed by atoms with Gasteiger partial charge in [-0.2, -0.15) is 18.2 Å². The zero-order valence-electron chi connectivity index (χ0n) is 8.60. The fourth-order valence-corrected chi connectivity index (χ4v) is 1.22. The Bertz CT molecular complexity index is 387. The van der Waals surface area contributed by atoms with Crippen molar-refractivity contribution < 1.29 is 13.2 Å². The van der Waals surface area contributed by atoms with E-state index in [2.05, 4.69) is 20.6 Å². The standard InChI is InChI=1S/C9H11F3N4/c1-13-8-15-6(9(10,11)12)4-7(16-8)14-5-2-3-5/h4-5H,2-3H2,1H3,(H2,13,14,15,16). The van der Waals surface area contributed by atoms with Gasteiger partial charge in [0, 0.05) is 19.2 Å². The van der Waals surface area contributed by atoms with Gasteiger partial charge < -0.3 is 10.6 Å². The van der Waals surface area contributed by atoms with Crippen LogP contribution in [-0.2, 0) is 6.18 Å². The first-order chi connectivity index (χ1) is 7.49. The van der Waals surface area contributed by atoms with Crippen molar-refractivity contribution in [2.45, 2.75) is 25.1 Å². The van der Waals surface area contributed by atoms with E-state index in [4.69, 9.17) is 0 Å². The van der Waals surface area contributed by atoms with Gasteiger partial charge in [0.1, 0.15) is 5.82 Å². The molecule has 16 heavy (non-hydrogen) atoms. The number of nitrogens with zero attached hydrogens (tertiary/aromatic N) is 2. The molecule has 4 nitrogen and oxygen atoms in total. The maximum atomic E-state index is 12.5. The molecule has 2 rings (SSSR count). The molecule has 1 heterocycles. The van der Waals surface area contributed by atoms with Gasteiger partial charge in [-0.1, -0.05) is 0 Å². The molecule has 0 saturated heterocycles. The first kappa shape index (κ1) is 11.0. The summed E-state index contributed by atoms with van der Waals surface area (Å²) in [5.41, 5.74) is -0.935. The molecule has 0 aliphatic heterocycles. The van der Waals surface area contributed by atoms with Crippen molar-refractivity contribution in [1.82, 2.24) is 9.97 Å². The zero-order valence-corrected chi connectivity index (χ0v) is 8.60. The minimum atomic E-state index is -4.45. The van der Waals surface area contributed by atoms with Gasteiger partial charge in [-0.05, 0) is 12.8 Å². The van der Waals surface area contributed by atoms with Crippen molar-refractivity contribution in [3.8, 4) is 0 Å². The van der Waals surface area contributed by atoms with E-state index in [1.165, 1.54) is 7.05 Å². The third-order valence-electron chi connectivity index (χ3n) is 2.17. The monoisotopic (exact) mass is 232 g/mol. The number of aromatic nitrogens is 2. The normalized spacial score (nSPS) is 16.0. The van der Waals surface area contributed by atoms with Gasteiger partial charge in [0.15, 0.2) is 5.69 Å². The van der Waals surface area contributed by atoms with Gasteiger partial charge in [0.05, 0.1) is 0 Å². The Hall–Kier alpha value is -1.53. The number of halogens is 3. The highest BCUT2D eigenvalue weighted by Crippen LogP contribution is 2.31. The predicted molar refractivity (Wildman–Crippen MR) is 53.2 cm³/mol. The van der Waals surface area contributed by atoms with Crippen LogP contribution in [0.5, 0.6) is 0 Å². The van der Waals surface area contributed by atoms with Crippen LogP contribution in [0.4, 0.5) is 24.9 Å². The number of nitrogens with one attached hydrogen (secondary N) is 2. The molecule has 0 amide bonds. The first-order valence-electron chi connectivity index (χ1n) is 4.89. The second-order valence-corrected chi connectivity index (χ2v) is 3.63. The van der Waals surface area contributed by atoms with Crippen molar-refractivity contribution in [2.75, 3.05) is 17.7 Å². The van der Waals surface area contributed by atoms with Crippen molar-refractivity contribution >= 4 is 11.8 Å². The molecule has 0 atom stereocenters. The highest BCUT2D eigenvalue weighted by atomic mass is 19.4. The number of hydrogen-bond acceptors (Lipinski definition) is 4. The van der Waals surface area contributed by atoms with Gasteiger partial charge in [-0.3, -0.25) is 0 Å². The molecule has 2 N–H and O–H groups in total. The maximum Gasteiger partial charge on any atom is 0.433 e. The van der Waals surface area contributed by atoms with E-state index in [0.29, 0.717) is 0 Å². The van der Waals surface area contributed by atoms with Crippen LogP contribution in [0.1, 0.15) is 18.5 Å². The van der Waals surface area contributed by atoms with Crippen LogP contribution in [0, 0.1) is 0 Å². The van der Waals surface area contributed by atoms with Gasteiger partial charge in [-0.15, -0.1) is 0 Å². The fourth-order valence-electron chi connectivity index (χ4n) is 1.22. The van der Waals surface area contributed by atoms with Crippen molar-refractivity contribution in [3.63, 3.8) is 0 Å². The molecule has 88 valence electrons. The minimum absolute atomic E-state index is 0.0297. The SMILES string of the molecule is CNc1nc(NC2CC2)cc(C(F)(F)F)n1. The van der Waals surface area contributed by atoms with Crippen molar-refractivity contribution in [2.24, 2.45) is 0 Å². The van der Waals surface area contributed by atoms with Crippen molar-refractivity contribution in [1.29, 1.82) is 0 Å². The highest BCUT2D eigenvalue weighted by molar-refractivity contribution is 5.44. The largest absolute Gasteiger partial charge is 0.433 e. The average molecular weight is 232 g/mol. The van der Waals surface area contributed by atoms with Crippen LogP contribution in [0.15, 0.2) is 6.07 Å². The third-order valence-corrected chi connectivity index (χ3v) is 2.17.